The molecule has 2 atom stereocenters. The van der Waals surface area contributed by atoms with Crippen LogP contribution in [0.5, 0.6) is 0 Å². The van der Waals surface area contributed by atoms with Gasteiger partial charge in [-0.2, -0.15) is 0 Å². The van der Waals surface area contributed by atoms with Gasteiger partial charge in [-0.05, 0) is 31.1 Å². The highest BCUT2D eigenvalue weighted by molar-refractivity contribution is 4.77. The highest BCUT2D eigenvalue weighted by Crippen LogP contribution is 2.37. The van der Waals surface area contributed by atoms with Crippen LogP contribution in [0, 0.1) is 11.8 Å². The average molecular weight is 299 g/mol. The zero-order chi connectivity index (χ0) is 15.2. The minimum Gasteiger partial charge on any atom is -0.396 e. The van der Waals surface area contributed by atoms with E-state index in [9.17, 15) is 0 Å². The largest absolute Gasteiger partial charge is 0.396 e. The molecular formula is C19H38O2. The van der Waals surface area contributed by atoms with Gasteiger partial charge in [0.15, 0.2) is 0 Å². The topological polar surface area (TPSA) is 29.5 Å². The average Bonchev–Trinajstić information content (AvgIpc) is 2.94. The van der Waals surface area contributed by atoms with E-state index in [4.69, 9.17) is 9.84 Å². The number of aliphatic hydroxyl groups is 1. The summed E-state index contributed by atoms with van der Waals surface area (Å²) in [6.07, 6.45) is 17.5. The molecule has 1 aliphatic rings. The van der Waals surface area contributed by atoms with E-state index in [2.05, 4.69) is 6.92 Å². The van der Waals surface area contributed by atoms with Crippen molar-refractivity contribution in [1.29, 1.82) is 0 Å². The Labute approximate surface area is 132 Å². The van der Waals surface area contributed by atoms with Gasteiger partial charge < -0.3 is 9.84 Å². The first-order valence-electron chi connectivity index (χ1n) is 9.57. The Balaban J connectivity index is 1.98. The molecule has 126 valence electrons. The van der Waals surface area contributed by atoms with E-state index in [1.54, 1.807) is 0 Å². The summed E-state index contributed by atoms with van der Waals surface area (Å²) in [6.45, 7) is 4.35. The number of hydrogen-bond donors (Lipinski definition) is 1. The lowest BCUT2D eigenvalue weighted by molar-refractivity contribution is 0.106. The number of ether oxygens (including phenoxy) is 1. The van der Waals surface area contributed by atoms with Crippen molar-refractivity contribution in [3.8, 4) is 0 Å². The Morgan fingerprint density at radius 1 is 0.810 bits per heavy atom. The van der Waals surface area contributed by atoms with Gasteiger partial charge >= 0.3 is 0 Å². The maximum absolute atomic E-state index is 8.73. The lowest BCUT2D eigenvalue weighted by atomic mass is 9.88. The zero-order valence-corrected chi connectivity index (χ0v) is 14.3. The summed E-state index contributed by atoms with van der Waals surface area (Å²) in [7, 11) is 0. The fourth-order valence-corrected chi connectivity index (χ4v) is 3.71. The molecule has 1 rings (SSSR count). The standard InChI is InChI=1S/C19H38O2/c1-2-3-4-5-6-7-11-18-12-10-13-19(18)14-17-21-16-9-8-15-20/h18-20H,2-17H2,1H3/t18-,19+/m0/s1. The van der Waals surface area contributed by atoms with Crippen LogP contribution in [0.4, 0.5) is 0 Å². The van der Waals surface area contributed by atoms with Gasteiger partial charge in [0.05, 0.1) is 0 Å². The molecule has 0 aromatic heterocycles. The van der Waals surface area contributed by atoms with Gasteiger partial charge in [0.2, 0.25) is 0 Å². The van der Waals surface area contributed by atoms with Crippen LogP contribution < -0.4 is 0 Å². The minimum atomic E-state index is 0.298. The fraction of sp³-hybridized carbons (Fsp3) is 1.00. The van der Waals surface area contributed by atoms with Crippen LogP contribution in [0.3, 0.4) is 0 Å². The summed E-state index contributed by atoms with van der Waals surface area (Å²) in [5.41, 5.74) is 0. The molecule has 1 saturated carbocycles. The summed E-state index contributed by atoms with van der Waals surface area (Å²) in [5.74, 6) is 1.91. The van der Waals surface area contributed by atoms with Crippen LogP contribution in [-0.2, 0) is 4.74 Å². The molecule has 0 saturated heterocycles. The minimum absolute atomic E-state index is 0.298. The molecule has 0 heterocycles. The summed E-state index contributed by atoms with van der Waals surface area (Å²) >= 11 is 0. The monoisotopic (exact) mass is 298 g/mol. The van der Waals surface area contributed by atoms with Crippen molar-refractivity contribution in [3.63, 3.8) is 0 Å². The van der Waals surface area contributed by atoms with E-state index in [0.717, 1.165) is 37.9 Å². The highest BCUT2D eigenvalue weighted by Gasteiger charge is 2.26. The normalized spacial score (nSPS) is 22.0. The molecular weight excluding hydrogens is 260 g/mol. The molecule has 0 unspecified atom stereocenters. The summed E-state index contributed by atoms with van der Waals surface area (Å²) in [5, 5.41) is 8.73. The predicted molar refractivity (Wildman–Crippen MR) is 90.6 cm³/mol. The van der Waals surface area contributed by atoms with Crippen LogP contribution >= 0.6 is 0 Å². The Morgan fingerprint density at radius 2 is 1.52 bits per heavy atom. The van der Waals surface area contributed by atoms with Crippen LogP contribution in [0.25, 0.3) is 0 Å². The molecule has 0 bridgehead atoms. The van der Waals surface area contributed by atoms with E-state index >= 15 is 0 Å². The van der Waals surface area contributed by atoms with Crippen molar-refractivity contribution < 1.29 is 9.84 Å². The van der Waals surface area contributed by atoms with Gasteiger partial charge in [0, 0.05) is 19.8 Å². The predicted octanol–water partition coefficient (Wildman–Crippen LogP) is 5.33. The maximum Gasteiger partial charge on any atom is 0.0468 e. The van der Waals surface area contributed by atoms with E-state index in [1.165, 1.54) is 70.6 Å². The van der Waals surface area contributed by atoms with Crippen molar-refractivity contribution >= 4 is 0 Å². The fourth-order valence-electron chi connectivity index (χ4n) is 3.71. The van der Waals surface area contributed by atoms with Gasteiger partial charge in [0.25, 0.3) is 0 Å². The van der Waals surface area contributed by atoms with Crippen molar-refractivity contribution in [2.75, 3.05) is 19.8 Å². The van der Waals surface area contributed by atoms with Crippen LogP contribution in [0.2, 0.25) is 0 Å². The molecule has 0 radical (unpaired) electrons. The second-order valence-electron chi connectivity index (χ2n) is 6.84. The number of aliphatic hydroxyl groups excluding tert-OH is 1. The zero-order valence-electron chi connectivity index (χ0n) is 14.3. The van der Waals surface area contributed by atoms with Crippen LogP contribution in [-0.4, -0.2) is 24.9 Å². The molecule has 0 amide bonds. The van der Waals surface area contributed by atoms with Gasteiger partial charge in [-0.3, -0.25) is 0 Å². The second kappa shape index (κ2) is 13.6. The van der Waals surface area contributed by atoms with Crippen LogP contribution in [0.15, 0.2) is 0 Å². The lowest BCUT2D eigenvalue weighted by Crippen LogP contribution is -2.11. The molecule has 0 aromatic rings. The van der Waals surface area contributed by atoms with Crippen molar-refractivity contribution in [1.82, 2.24) is 0 Å². The smallest absolute Gasteiger partial charge is 0.0468 e. The van der Waals surface area contributed by atoms with E-state index in [0.29, 0.717) is 6.61 Å². The number of rotatable bonds is 14. The quantitative estimate of drug-likeness (QED) is 0.439. The Kier molecular flexibility index (Phi) is 12.3. The van der Waals surface area contributed by atoms with Gasteiger partial charge in [-0.15, -0.1) is 0 Å². The van der Waals surface area contributed by atoms with Crippen molar-refractivity contribution in [3.05, 3.63) is 0 Å². The highest BCUT2D eigenvalue weighted by atomic mass is 16.5. The molecule has 1 aliphatic carbocycles. The van der Waals surface area contributed by atoms with Gasteiger partial charge in [0.1, 0.15) is 0 Å². The van der Waals surface area contributed by atoms with Crippen molar-refractivity contribution in [2.24, 2.45) is 11.8 Å². The molecule has 0 spiro atoms. The molecule has 1 N–H and O–H groups in total. The lowest BCUT2D eigenvalue weighted by Gasteiger charge is -2.19. The summed E-state index contributed by atoms with van der Waals surface area (Å²) in [4.78, 5) is 0. The second-order valence-corrected chi connectivity index (χ2v) is 6.84. The summed E-state index contributed by atoms with van der Waals surface area (Å²) < 4.78 is 5.70. The Bertz CT molecular complexity index is 196. The molecule has 21 heavy (non-hydrogen) atoms. The van der Waals surface area contributed by atoms with E-state index in [-0.39, 0.29) is 0 Å². The molecule has 2 heteroatoms. The molecule has 1 fully saturated rings. The third-order valence-corrected chi connectivity index (χ3v) is 5.07. The summed E-state index contributed by atoms with van der Waals surface area (Å²) in [6, 6.07) is 0. The first-order chi connectivity index (χ1) is 10.4. The van der Waals surface area contributed by atoms with Gasteiger partial charge in [-0.25, -0.2) is 0 Å². The molecule has 0 aromatic carbocycles. The maximum atomic E-state index is 8.73. The first-order valence-corrected chi connectivity index (χ1v) is 9.57. The van der Waals surface area contributed by atoms with E-state index in [1.807, 2.05) is 0 Å². The Morgan fingerprint density at radius 3 is 2.29 bits per heavy atom. The third kappa shape index (κ3) is 9.52. The SMILES string of the molecule is CCCCCCCC[C@H]1CCC[C@@H]1CCOCCCCO. The van der Waals surface area contributed by atoms with Gasteiger partial charge in [-0.1, -0.05) is 71.1 Å². The van der Waals surface area contributed by atoms with E-state index < -0.39 is 0 Å². The number of unbranched alkanes of at least 4 members (excludes halogenated alkanes) is 6. The molecule has 2 nitrogen and oxygen atoms in total. The molecule has 0 aliphatic heterocycles. The number of hydrogen-bond acceptors (Lipinski definition) is 2. The van der Waals surface area contributed by atoms with Crippen molar-refractivity contribution in [2.45, 2.75) is 90.4 Å². The van der Waals surface area contributed by atoms with Crippen LogP contribution in [0.1, 0.15) is 90.4 Å². The third-order valence-electron chi connectivity index (χ3n) is 5.07. The Hall–Kier alpha value is -0.0800. The first kappa shape index (κ1) is 19.0.